The van der Waals surface area contributed by atoms with Crippen LogP contribution in [0.5, 0.6) is 0 Å². The molecule has 1 unspecified atom stereocenters. The number of likely N-dealkylation sites (N-methyl/N-ethyl adjacent to an activating group) is 1. The van der Waals surface area contributed by atoms with Gasteiger partial charge in [-0.05, 0) is 47.9 Å². The lowest BCUT2D eigenvalue weighted by Gasteiger charge is -2.25. The van der Waals surface area contributed by atoms with E-state index in [1.807, 2.05) is 48.5 Å². The van der Waals surface area contributed by atoms with Crippen LogP contribution in [0, 0.1) is 0 Å². The minimum absolute atomic E-state index is 0.0282. The second-order valence-corrected chi connectivity index (χ2v) is 11.7. The van der Waals surface area contributed by atoms with Gasteiger partial charge in [-0.15, -0.1) is 16.4 Å². The molecule has 0 bridgehead atoms. The fourth-order valence-corrected chi connectivity index (χ4v) is 6.78. The van der Waals surface area contributed by atoms with E-state index in [0.717, 1.165) is 43.6 Å². The predicted molar refractivity (Wildman–Crippen MR) is 159 cm³/mol. The summed E-state index contributed by atoms with van der Waals surface area (Å²) in [5.41, 5.74) is 9.70. The van der Waals surface area contributed by atoms with Crippen molar-refractivity contribution in [3.8, 4) is 17.1 Å². The van der Waals surface area contributed by atoms with Crippen molar-refractivity contribution in [3.63, 3.8) is 0 Å². The van der Waals surface area contributed by atoms with Gasteiger partial charge < -0.3 is 15.5 Å². The molecule has 3 N–H and O–H groups in total. The maximum atomic E-state index is 14.1. The molecule has 218 valence electrons. The van der Waals surface area contributed by atoms with Crippen molar-refractivity contribution < 1.29 is 14.2 Å². The third-order valence-corrected chi connectivity index (χ3v) is 8.80. The van der Waals surface area contributed by atoms with Crippen LogP contribution in [0.15, 0.2) is 59.2 Å². The zero-order chi connectivity index (χ0) is 29.5. The SMILES string of the molecule is CN1CCc2nc(NC(=O)c3cccc(C4CCCN4C(=O)c4nnn(-c5nonc5N)c4-c4ccccc4)c3)sc2C1. The fourth-order valence-electron chi connectivity index (χ4n) is 5.69. The molecule has 0 radical (unpaired) electrons. The van der Waals surface area contributed by atoms with Gasteiger partial charge in [-0.1, -0.05) is 47.7 Å². The number of amides is 2. The van der Waals surface area contributed by atoms with E-state index in [2.05, 4.69) is 42.9 Å². The summed E-state index contributed by atoms with van der Waals surface area (Å²) >= 11 is 1.52. The molecule has 5 aromatic rings. The number of aromatic nitrogens is 6. The Bertz CT molecular complexity index is 1810. The van der Waals surface area contributed by atoms with Crippen molar-refractivity contribution in [2.24, 2.45) is 0 Å². The van der Waals surface area contributed by atoms with E-state index < -0.39 is 0 Å². The van der Waals surface area contributed by atoms with Crippen LogP contribution in [-0.2, 0) is 13.0 Å². The van der Waals surface area contributed by atoms with Crippen molar-refractivity contribution in [2.75, 3.05) is 31.2 Å². The fraction of sp³-hybridized carbons (Fsp3) is 0.276. The normalized spacial score (nSPS) is 16.8. The Hall–Kier alpha value is -4.95. The van der Waals surface area contributed by atoms with Crippen LogP contribution < -0.4 is 11.1 Å². The highest BCUT2D eigenvalue weighted by molar-refractivity contribution is 7.15. The maximum absolute atomic E-state index is 14.1. The molecular formula is C29H28N10O3S. The summed E-state index contributed by atoms with van der Waals surface area (Å²) in [6, 6.07) is 16.5. The molecule has 0 saturated carbocycles. The van der Waals surface area contributed by atoms with Crippen molar-refractivity contribution in [1.82, 2.24) is 40.1 Å². The van der Waals surface area contributed by atoms with Crippen molar-refractivity contribution >= 4 is 34.1 Å². The summed E-state index contributed by atoms with van der Waals surface area (Å²) in [6.45, 7) is 2.33. The van der Waals surface area contributed by atoms with Gasteiger partial charge in [0.25, 0.3) is 11.8 Å². The lowest BCUT2D eigenvalue weighted by Crippen LogP contribution is -2.31. The topological polar surface area (TPSA) is 161 Å². The number of hydrogen-bond acceptors (Lipinski definition) is 11. The molecule has 13 nitrogen and oxygen atoms in total. The highest BCUT2D eigenvalue weighted by Crippen LogP contribution is 2.36. The first-order valence-corrected chi connectivity index (χ1v) is 14.8. The number of fused-ring (bicyclic) bond motifs is 1. The molecule has 2 aromatic carbocycles. The monoisotopic (exact) mass is 596 g/mol. The first-order chi connectivity index (χ1) is 21.0. The van der Waals surface area contributed by atoms with Crippen LogP contribution in [0.4, 0.5) is 10.9 Å². The number of hydrogen-bond donors (Lipinski definition) is 2. The summed E-state index contributed by atoms with van der Waals surface area (Å²) in [4.78, 5) is 37.2. The molecule has 2 aliphatic rings. The minimum Gasteiger partial charge on any atom is -0.378 e. The number of benzene rings is 2. The molecule has 7 rings (SSSR count). The quantitative estimate of drug-likeness (QED) is 0.296. The molecule has 14 heteroatoms. The van der Waals surface area contributed by atoms with Gasteiger partial charge in [-0.2, -0.15) is 4.68 Å². The summed E-state index contributed by atoms with van der Waals surface area (Å²) in [5, 5.41) is 19.6. The molecular weight excluding hydrogens is 568 g/mol. The molecule has 2 amide bonds. The highest BCUT2D eigenvalue weighted by atomic mass is 32.1. The Morgan fingerprint density at radius 2 is 1.95 bits per heavy atom. The van der Waals surface area contributed by atoms with Gasteiger partial charge in [0.05, 0.1) is 11.7 Å². The molecule has 1 fully saturated rings. The Morgan fingerprint density at radius 3 is 2.77 bits per heavy atom. The number of nitrogen functional groups attached to an aromatic ring is 1. The second kappa shape index (κ2) is 11.0. The third-order valence-electron chi connectivity index (χ3n) is 7.81. The summed E-state index contributed by atoms with van der Waals surface area (Å²) in [5.74, 6) is -0.336. The van der Waals surface area contributed by atoms with E-state index in [1.165, 1.54) is 20.9 Å². The van der Waals surface area contributed by atoms with Gasteiger partial charge >= 0.3 is 0 Å². The number of anilines is 2. The average molecular weight is 597 g/mol. The molecule has 3 aromatic heterocycles. The smallest absolute Gasteiger partial charge is 0.277 e. The second-order valence-electron chi connectivity index (χ2n) is 10.7. The van der Waals surface area contributed by atoms with E-state index in [4.69, 9.17) is 10.4 Å². The van der Waals surface area contributed by atoms with E-state index in [0.29, 0.717) is 28.5 Å². The Kier molecular flexibility index (Phi) is 6.91. The third kappa shape index (κ3) is 5.04. The van der Waals surface area contributed by atoms with Crippen molar-refractivity contribution in [3.05, 3.63) is 82.0 Å². The number of carbonyl (C=O) groups excluding carboxylic acids is 2. The molecule has 2 aliphatic heterocycles. The number of carbonyl (C=O) groups is 2. The van der Waals surface area contributed by atoms with Crippen LogP contribution in [0.3, 0.4) is 0 Å². The molecule has 5 heterocycles. The van der Waals surface area contributed by atoms with Gasteiger partial charge in [0, 0.05) is 42.1 Å². The number of thiazole rings is 1. The van der Waals surface area contributed by atoms with Gasteiger partial charge in [0.2, 0.25) is 11.6 Å². The largest absolute Gasteiger partial charge is 0.378 e. The van der Waals surface area contributed by atoms with Crippen LogP contribution in [-0.4, -0.2) is 72.0 Å². The summed E-state index contributed by atoms with van der Waals surface area (Å²) in [7, 11) is 2.08. The zero-order valence-electron chi connectivity index (χ0n) is 23.3. The number of nitrogens with one attached hydrogen (secondary N) is 1. The number of likely N-dealkylation sites (tertiary alicyclic amines) is 1. The van der Waals surface area contributed by atoms with E-state index in [-0.39, 0.29) is 35.2 Å². The first kappa shape index (κ1) is 26.9. The van der Waals surface area contributed by atoms with E-state index in [1.54, 1.807) is 11.0 Å². The molecule has 0 spiro atoms. The Labute approximate surface area is 250 Å². The predicted octanol–water partition coefficient (Wildman–Crippen LogP) is 3.57. The summed E-state index contributed by atoms with van der Waals surface area (Å²) in [6.07, 6.45) is 2.43. The van der Waals surface area contributed by atoms with Crippen LogP contribution >= 0.6 is 11.3 Å². The lowest BCUT2D eigenvalue weighted by atomic mass is 10.0. The van der Waals surface area contributed by atoms with Crippen LogP contribution in [0.2, 0.25) is 0 Å². The Balaban J connectivity index is 1.16. The summed E-state index contributed by atoms with van der Waals surface area (Å²) < 4.78 is 6.16. The van der Waals surface area contributed by atoms with E-state index >= 15 is 0 Å². The average Bonchev–Trinajstić information content (AvgIpc) is 3.83. The van der Waals surface area contributed by atoms with Crippen LogP contribution in [0.25, 0.3) is 17.1 Å². The molecule has 0 aliphatic carbocycles. The highest BCUT2D eigenvalue weighted by Gasteiger charge is 2.35. The van der Waals surface area contributed by atoms with Crippen molar-refractivity contribution in [2.45, 2.75) is 31.8 Å². The zero-order valence-corrected chi connectivity index (χ0v) is 24.1. The number of nitrogens with zero attached hydrogens (tertiary/aromatic N) is 8. The molecule has 43 heavy (non-hydrogen) atoms. The molecule has 1 saturated heterocycles. The number of nitrogens with two attached hydrogens (primary N) is 1. The number of rotatable bonds is 6. The maximum Gasteiger partial charge on any atom is 0.277 e. The van der Waals surface area contributed by atoms with Gasteiger partial charge in [-0.3, -0.25) is 14.9 Å². The standard InChI is InChI=1S/C29H28N10O3S/c1-37-14-12-20-22(16-37)43-29(31-20)32-27(40)19-10-5-9-18(15-19)21-11-6-13-38(21)28(41)23-24(17-7-3-2-4-8-17)39(36-33-23)26-25(30)34-42-35-26/h2-5,7-10,15,21H,6,11-14,16H2,1H3,(H2,30,34)(H,31,32,40). The van der Waals surface area contributed by atoms with Gasteiger partial charge in [0.15, 0.2) is 10.8 Å². The first-order valence-electron chi connectivity index (χ1n) is 13.9. The van der Waals surface area contributed by atoms with Gasteiger partial charge in [0.1, 0.15) is 5.69 Å². The van der Waals surface area contributed by atoms with E-state index in [9.17, 15) is 9.59 Å². The Morgan fingerprint density at radius 1 is 1.09 bits per heavy atom. The van der Waals surface area contributed by atoms with Crippen LogP contribution in [0.1, 0.15) is 55.9 Å². The minimum atomic E-state index is -0.282. The van der Waals surface area contributed by atoms with Crippen molar-refractivity contribution in [1.29, 1.82) is 0 Å². The molecule has 1 atom stereocenters. The van der Waals surface area contributed by atoms with Gasteiger partial charge in [-0.25, -0.2) is 9.61 Å². The lowest BCUT2D eigenvalue weighted by molar-refractivity contribution is 0.0730.